The van der Waals surface area contributed by atoms with Gasteiger partial charge in [-0.3, -0.25) is 33.6 Å². The summed E-state index contributed by atoms with van der Waals surface area (Å²) in [6, 6.07) is 14.2. The Labute approximate surface area is 314 Å². The number of hydrogen-bond acceptors (Lipinski definition) is 8. The van der Waals surface area contributed by atoms with Gasteiger partial charge in [0.05, 0.1) is 28.0 Å². The maximum atomic E-state index is 15.0. The molecular weight excluding hydrogens is 716 g/mol. The summed E-state index contributed by atoms with van der Waals surface area (Å²) in [6.07, 6.45) is 4.15. The van der Waals surface area contributed by atoms with Gasteiger partial charge in [0, 0.05) is 41.7 Å². The van der Waals surface area contributed by atoms with Gasteiger partial charge >= 0.3 is 5.97 Å². The fraction of sp³-hybridized carbons (Fsp3) is 0.400. The topological polar surface area (TPSA) is 150 Å². The van der Waals surface area contributed by atoms with Crippen LogP contribution < -0.4 is 4.90 Å². The maximum absolute atomic E-state index is 15.0. The van der Waals surface area contributed by atoms with Gasteiger partial charge in [0.15, 0.2) is 0 Å². The smallest absolute Gasteiger partial charge is 0.303 e. The van der Waals surface area contributed by atoms with Crippen LogP contribution in [0.3, 0.4) is 0 Å². The summed E-state index contributed by atoms with van der Waals surface area (Å²) < 4.78 is 2.61. The van der Waals surface area contributed by atoms with Crippen LogP contribution in [0.4, 0.5) is 5.82 Å². The number of fused-ring (bicyclic) bond motifs is 5. The number of aliphatic carboxylic acids is 1. The van der Waals surface area contributed by atoms with E-state index in [9.17, 15) is 29.1 Å². The molecule has 2 aromatic heterocycles. The van der Waals surface area contributed by atoms with Crippen LogP contribution >= 0.6 is 22.9 Å². The van der Waals surface area contributed by atoms with Crippen LogP contribution in [0.1, 0.15) is 62.5 Å². The van der Waals surface area contributed by atoms with Crippen LogP contribution in [-0.4, -0.2) is 61.0 Å². The Balaban J connectivity index is 1.16. The molecule has 274 valence electrons. The fourth-order valence-corrected chi connectivity index (χ4v) is 10.8. The number of aromatic hydroxyl groups is 1. The van der Waals surface area contributed by atoms with Crippen LogP contribution in [0.5, 0.6) is 5.75 Å². The minimum absolute atomic E-state index is 0.0330. The molecule has 53 heavy (non-hydrogen) atoms. The highest BCUT2D eigenvalue weighted by Crippen LogP contribution is 2.63. The third kappa shape index (κ3) is 5.43. The van der Waals surface area contributed by atoms with Crippen LogP contribution in [-0.2, 0) is 31.0 Å². The molecule has 6 unspecified atom stereocenters. The number of aryl methyl sites for hydroxylation is 2. The lowest BCUT2D eigenvalue weighted by Gasteiger charge is -2.49. The Bertz CT molecular complexity index is 2260. The highest BCUT2D eigenvalue weighted by atomic mass is 35.5. The number of likely N-dealkylation sites (tertiary alicyclic amines) is 1. The third-order valence-corrected chi connectivity index (χ3v) is 13.6. The van der Waals surface area contributed by atoms with E-state index in [1.807, 2.05) is 38.1 Å². The third-order valence-electron chi connectivity index (χ3n) is 12.1. The summed E-state index contributed by atoms with van der Waals surface area (Å²) in [4.78, 5) is 72.0. The van der Waals surface area contributed by atoms with Gasteiger partial charge in [0.1, 0.15) is 17.3 Å². The summed E-state index contributed by atoms with van der Waals surface area (Å²) in [5, 5.41) is 25.6. The van der Waals surface area contributed by atoms with E-state index in [0.717, 1.165) is 31.7 Å². The number of halogens is 1. The second-order valence-corrected chi connectivity index (χ2v) is 16.5. The number of allylic oxidation sites excluding steroid dienone is 2. The average Bonchev–Trinajstić information content (AvgIpc) is 3.79. The molecule has 13 heteroatoms. The average molecular weight is 755 g/mol. The Morgan fingerprint density at radius 2 is 1.75 bits per heavy atom. The van der Waals surface area contributed by atoms with Crippen LogP contribution in [0.25, 0.3) is 20.7 Å². The number of aromatic nitrogens is 2. The number of carboxylic acid groups (broad SMARTS) is 1. The monoisotopic (exact) mass is 754 g/mol. The SMILES string of the molecule is Cc1c(-c2cc(N3C(=O)C4CC5C(=CCC6C(=O)N(CCCCCC(=O)O)C(=O)C65)C(c5ccc(O)cc5)C4(C)C3=O)n(C)n2)sc2ccc(Cl)cc12. The van der Waals surface area contributed by atoms with Crippen LogP contribution in [0.15, 0.2) is 60.2 Å². The summed E-state index contributed by atoms with van der Waals surface area (Å²) in [5.41, 5.74) is 2.01. The van der Waals surface area contributed by atoms with Gasteiger partial charge in [0.2, 0.25) is 23.6 Å². The molecule has 4 heterocycles. The summed E-state index contributed by atoms with van der Waals surface area (Å²) in [7, 11) is 1.71. The van der Waals surface area contributed by atoms with Crippen molar-refractivity contribution in [2.75, 3.05) is 11.4 Å². The molecule has 4 aliphatic rings. The Kier molecular flexibility index (Phi) is 8.61. The van der Waals surface area contributed by atoms with E-state index in [2.05, 4.69) is 0 Å². The van der Waals surface area contributed by atoms with E-state index in [4.69, 9.17) is 21.8 Å². The second-order valence-electron chi connectivity index (χ2n) is 15.0. The molecule has 2 aromatic carbocycles. The zero-order valence-corrected chi connectivity index (χ0v) is 31.1. The number of benzene rings is 2. The van der Waals surface area contributed by atoms with E-state index in [0.29, 0.717) is 42.2 Å². The predicted octanol–water partition coefficient (Wildman–Crippen LogP) is 6.84. The Morgan fingerprint density at radius 1 is 1.00 bits per heavy atom. The van der Waals surface area contributed by atoms with Crippen molar-refractivity contribution in [3.8, 4) is 16.3 Å². The number of nitrogens with zero attached hydrogens (tertiary/aromatic N) is 4. The molecule has 2 aliphatic heterocycles. The largest absolute Gasteiger partial charge is 0.508 e. The molecule has 11 nitrogen and oxygen atoms in total. The lowest BCUT2D eigenvalue weighted by Crippen LogP contribution is -2.48. The Morgan fingerprint density at radius 3 is 2.49 bits per heavy atom. The van der Waals surface area contributed by atoms with Crippen molar-refractivity contribution in [2.24, 2.45) is 36.1 Å². The van der Waals surface area contributed by atoms with Crippen molar-refractivity contribution in [3.05, 3.63) is 76.3 Å². The quantitative estimate of drug-likeness (QED) is 0.107. The number of hydrogen-bond donors (Lipinski definition) is 2. The zero-order chi connectivity index (χ0) is 37.5. The lowest BCUT2D eigenvalue weighted by molar-refractivity contribution is -0.141. The van der Waals surface area contributed by atoms with Crippen molar-refractivity contribution in [3.63, 3.8) is 0 Å². The molecule has 4 amide bonds. The first-order chi connectivity index (χ1) is 25.3. The highest BCUT2D eigenvalue weighted by molar-refractivity contribution is 7.22. The van der Waals surface area contributed by atoms with E-state index in [1.54, 1.807) is 53.4 Å². The van der Waals surface area contributed by atoms with Crippen molar-refractivity contribution in [1.82, 2.24) is 14.7 Å². The van der Waals surface area contributed by atoms with Gasteiger partial charge < -0.3 is 10.2 Å². The lowest BCUT2D eigenvalue weighted by atomic mass is 9.51. The number of anilines is 1. The van der Waals surface area contributed by atoms with Gasteiger partial charge in [-0.05, 0) is 92.3 Å². The number of carbonyl (C=O) groups excluding carboxylic acids is 4. The molecule has 0 bridgehead atoms. The molecule has 2 saturated heterocycles. The molecule has 8 rings (SSSR count). The normalized spacial score (nSPS) is 26.6. The molecule has 6 atom stereocenters. The molecule has 1 saturated carbocycles. The first kappa shape index (κ1) is 35.2. The van der Waals surface area contributed by atoms with Crippen LogP contribution in [0.2, 0.25) is 5.02 Å². The first-order valence-corrected chi connectivity index (χ1v) is 19.2. The number of carbonyl (C=O) groups is 5. The van der Waals surface area contributed by atoms with Gasteiger partial charge in [-0.2, -0.15) is 5.10 Å². The van der Waals surface area contributed by atoms with Gasteiger partial charge in [-0.15, -0.1) is 11.3 Å². The molecule has 4 aromatic rings. The molecule has 3 fully saturated rings. The highest BCUT2D eigenvalue weighted by Gasteiger charge is 2.67. The van der Waals surface area contributed by atoms with E-state index >= 15 is 0 Å². The van der Waals surface area contributed by atoms with E-state index < -0.39 is 41.0 Å². The van der Waals surface area contributed by atoms with E-state index in [1.165, 1.54) is 9.80 Å². The molecule has 2 N–H and O–H groups in total. The first-order valence-electron chi connectivity index (χ1n) is 18.0. The minimum atomic E-state index is -1.23. The number of rotatable bonds is 9. The summed E-state index contributed by atoms with van der Waals surface area (Å²) in [5.74, 6) is -4.79. The number of unbranched alkanes of at least 4 members (excludes halogenated alkanes) is 2. The molecule has 0 spiro atoms. The van der Waals surface area contributed by atoms with Crippen LogP contribution in [0, 0.1) is 36.0 Å². The Hall–Kier alpha value is -4.81. The number of imide groups is 2. The van der Waals surface area contributed by atoms with Crippen molar-refractivity contribution < 1.29 is 34.2 Å². The number of phenolic OH excluding ortho intramolecular Hbond substituents is 1. The fourth-order valence-electron chi connectivity index (χ4n) is 9.50. The minimum Gasteiger partial charge on any atom is -0.508 e. The standard InChI is InChI=1S/C40H39ClN4O7S/c1-20-26-17-22(41)10-15-30(26)53-35(20)29-19-31(43(3)42-29)45-37(50)28-18-27-24(34(40(28,2)39(45)52)21-8-11-23(46)12-9-21)13-14-25-33(27)38(51)44(36(25)49)16-6-4-5-7-32(47)48/h8-13,15,17,19,25,27-28,33-34,46H,4-7,14,16,18H2,1-3H3,(H,47,48). The molecule has 0 radical (unpaired) electrons. The van der Waals surface area contributed by atoms with Crippen molar-refractivity contribution in [1.29, 1.82) is 0 Å². The predicted molar refractivity (Wildman–Crippen MR) is 199 cm³/mol. The second kappa shape index (κ2) is 12.9. The maximum Gasteiger partial charge on any atom is 0.303 e. The number of phenols is 1. The summed E-state index contributed by atoms with van der Waals surface area (Å²) in [6.45, 7) is 4.05. The van der Waals surface area contributed by atoms with Gasteiger partial charge in [-0.25, -0.2) is 4.90 Å². The van der Waals surface area contributed by atoms with E-state index in [-0.39, 0.29) is 48.8 Å². The van der Waals surface area contributed by atoms with Crippen molar-refractivity contribution >= 4 is 68.4 Å². The number of amides is 4. The van der Waals surface area contributed by atoms with Crippen molar-refractivity contribution in [2.45, 2.75) is 58.3 Å². The molecular formula is C40H39ClN4O7S. The number of thiophene rings is 1. The zero-order valence-electron chi connectivity index (χ0n) is 29.5. The van der Waals surface area contributed by atoms with Gasteiger partial charge in [-0.1, -0.05) is 41.8 Å². The molecule has 2 aliphatic carbocycles. The summed E-state index contributed by atoms with van der Waals surface area (Å²) >= 11 is 7.86. The number of carboxylic acids is 1. The van der Waals surface area contributed by atoms with Gasteiger partial charge in [0.25, 0.3) is 0 Å².